The van der Waals surface area contributed by atoms with E-state index in [0.717, 1.165) is 13.1 Å². The highest BCUT2D eigenvalue weighted by Gasteiger charge is 2.37. The monoisotopic (exact) mass is 225 g/mol. The molecule has 16 heavy (non-hydrogen) atoms. The molecular formula is C12H23N3O. The van der Waals surface area contributed by atoms with Gasteiger partial charge in [-0.15, -0.1) is 0 Å². The number of nitrogens with one attached hydrogen (secondary N) is 2. The molecule has 2 unspecified atom stereocenters. The van der Waals surface area contributed by atoms with Crippen molar-refractivity contribution in [2.45, 2.75) is 51.2 Å². The van der Waals surface area contributed by atoms with Gasteiger partial charge < -0.3 is 10.6 Å². The van der Waals surface area contributed by atoms with Crippen LogP contribution in [0.1, 0.15) is 33.6 Å². The Labute approximate surface area is 97.8 Å². The first-order chi connectivity index (χ1) is 7.46. The third-order valence-electron chi connectivity index (χ3n) is 3.37. The van der Waals surface area contributed by atoms with Gasteiger partial charge in [0, 0.05) is 30.7 Å². The molecule has 0 aliphatic carbocycles. The summed E-state index contributed by atoms with van der Waals surface area (Å²) in [6.07, 6.45) is 2.47. The molecule has 2 aliphatic rings. The van der Waals surface area contributed by atoms with Crippen LogP contribution in [0.5, 0.6) is 0 Å². The van der Waals surface area contributed by atoms with Crippen LogP contribution in [-0.2, 0) is 4.79 Å². The fraction of sp³-hybridized carbons (Fsp3) is 0.917. The summed E-state index contributed by atoms with van der Waals surface area (Å²) in [5.41, 5.74) is -0.121. The average molecular weight is 225 g/mol. The lowest BCUT2D eigenvalue weighted by atomic mass is 10.1. The zero-order chi connectivity index (χ0) is 11.8. The molecule has 0 aromatic rings. The van der Waals surface area contributed by atoms with Gasteiger partial charge in [0.1, 0.15) is 0 Å². The van der Waals surface area contributed by atoms with Crippen LogP contribution in [0.2, 0.25) is 0 Å². The summed E-state index contributed by atoms with van der Waals surface area (Å²) < 4.78 is 0. The molecule has 2 atom stereocenters. The highest BCUT2D eigenvalue weighted by atomic mass is 16.2. The van der Waals surface area contributed by atoms with E-state index in [9.17, 15) is 4.79 Å². The van der Waals surface area contributed by atoms with Crippen molar-refractivity contribution in [3.05, 3.63) is 0 Å². The van der Waals surface area contributed by atoms with Gasteiger partial charge in [0.25, 0.3) is 0 Å². The molecule has 1 amide bonds. The van der Waals surface area contributed by atoms with E-state index >= 15 is 0 Å². The number of fused-ring (bicyclic) bond motifs is 2. The minimum absolute atomic E-state index is 0.121. The van der Waals surface area contributed by atoms with E-state index in [1.807, 2.05) is 20.8 Å². The Kier molecular flexibility index (Phi) is 3.22. The smallest absolute Gasteiger partial charge is 0.234 e. The van der Waals surface area contributed by atoms with Gasteiger partial charge in [-0.3, -0.25) is 9.69 Å². The number of hydrogen-bond donors (Lipinski definition) is 2. The highest BCUT2D eigenvalue weighted by Crippen LogP contribution is 2.25. The van der Waals surface area contributed by atoms with Crippen LogP contribution >= 0.6 is 0 Å². The third kappa shape index (κ3) is 2.74. The van der Waals surface area contributed by atoms with Crippen molar-refractivity contribution in [1.82, 2.24) is 15.5 Å². The summed E-state index contributed by atoms with van der Waals surface area (Å²) in [5, 5.41) is 6.46. The Morgan fingerprint density at radius 3 is 2.38 bits per heavy atom. The van der Waals surface area contributed by atoms with Gasteiger partial charge in [-0.1, -0.05) is 0 Å². The van der Waals surface area contributed by atoms with Crippen LogP contribution in [0.25, 0.3) is 0 Å². The Morgan fingerprint density at radius 2 is 1.88 bits per heavy atom. The van der Waals surface area contributed by atoms with Gasteiger partial charge >= 0.3 is 0 Å². The topological polar surface area (TPSA) is 44.4 Å². The summed E-state index contributed by atoms with van der Waals surface area (Å²) in [6.45, 7) is 8.72. The Hall–Kier alpha value is -0.610. The van der Waals surface area contributed by atoms with E-state index in [4.69, 9.17) is 0 Å². The molecule has 92 valence electrons. The zero-order valence-corrected chi connectivity index (χ0v) is 10.5. The van der Waals surface area contributed by atoms with Gasteiger partial charge in [-0.25, -0.2) is 0 Å². The Bertz CT molecular complexity index is 256. The molecular weight excluding hydrogens is 202 g/mol. The maximum Gasteiger partial charge on any atom is 0.234 e. The summed E-state index contributed by atoms with van der Waals surface area (Å²) in [5.74, 6) is 0.159. The largest absolute Gasteiger partial charge is 0.350 e. The van der Waals surface area contributed by atoms with Gasteiger partial charge in [-0.05, 0) is 33.6 Å². The van der Waals surface area contributed by atoms with E-state index in [2.05, 4.69) is 15.5 Å². The maximum atomic E-state index is 11.9. The van der Waals surface area contributed by atoms with Crippen LogP contribution in [0, 0.1) is 0 Å². The molecule has 4 nitrogen and oxygen atoms in total. The number of hydrogen-bond acceptors (Lipinski definition) is 3. The van der Waals surface area contributed by atoms with Gasteiger partial charge in [-0.2, -0.15) is 0 Å². The maximum absolute atomic E-state index is 11.9. The molecule has 0 radical (unpaired) electrons. The molecule has 2 aliphatic heterocycles. The molecule has 4 heteroatoms. The first kappa shape index (κ1) is 11.9. The van der Waals surface area contributed by atoms with Crippen molar-refractivity contribution in [2.75, 3.05) is 19.6 Å². The third-order valence-corrected chi connectivity index (χ3v) is 3.37. The lowest BCUT2D eigenvalue weighted by molar-refractivity contribution is -0.124. The van der Waals surface area contributed by atoms with Crippen molar-refractivity contribution < 1.29 is 4.79 Å². The fourth-order valence-electron chi connectivity index (χ4n) is 2.75. The second kappa shape index (κ2) is 4.34. The summed E-state index contributed by atoms with van der Waals surface area (Å²) in [6, 6.07) is 1.15. The van der Waals surface area contributed by atoms with Gasteiger partial charge in [0.05, 0.1) is 6.54 Å². The molecule has 2 saturated heterocycles. The first-order valence-electron chi connectivity index (χ1n) is 6.23. The molecule has 2 rings (SSSR count). The van der Waals surface area contributed by atoms with Crippen molar-refractivity contribution in [3.8, 4) is 0 Å². The zero-order valence-electron chi connectivity index (χ0n) is 10.5. The summed E-state index contributed by atoms with van der Waals surface area (Å²) in [7, 11) is 0. The summed E-state index contributed by atoms with van der Waals surface area (Å²) in [4.78, 5) is 14.2. The van der Waals surface area contributed by atoms with Crippen LogP contribution in [0.15, 0.2) is 0 Å². The highest BCUT2D eigenvalue weighted by molar-refractivity contribution is 5.78. The number of nitrogens with zero attached hydrogens (tertiary/aromatic N) is 1. The number of rotatable bonds is 2. The molecule has 0 saturated carbocycles. The number of carbonyl (C=O) groups excluding carboxylic acids is 1. The van der Waals surface area contributed by atoms with E-state index < -0.39 is 0 Å². The van der Waals surface area contributed by atoms with Gasteiger partial charge in [0.2, 0.25) is 5.91 Å². The molecule has 0 aromatic carbocycles. The average Bonchev–Trinajstić information content (AvgIpc) is 2.39. The SMILES string of the molecule is CC(C)(C)NC(=O)CN1C2CCC1CNC2. The Balaban J connectivity index is 1.88. The number of amides is 1. The minimum atomic E-state index is -0.121. The fourth-order valence-corrected chi connectivity index (χ4v) is 2.75. The molecule has 0 aromatic heterocycles. The van der Waals surface area contributed by atoms with Crippen molar-refractivity contribution in [2.24, 2.45) is 0 Å². The van der Waals surface area contributed by atoms with Crippen molar-refractivity contribution in [1.29, 1.82) is 0 Å². The Morgan fingerprint density at radius 1 is 1.31 bits per heavy atom. The second-order valence-electron chi connectivity index (χ2n) is 6.01. The van der Waals surface area contributed by atoms with Crippen LogP contribution in [0.4, 0.5) is 0 Å². The number of piperazine rings is 1. The van der Waals surface area contributed by atoms with Crippen molar-refractivity contribution in [3.63, 3.8) is 0 Å². The first-order valence-corrected chi connectivity index (χ1v) is 6.23. The van der Waals surface area contributed by atoms with Crippen LogP contribution in [-0.4, -0.2) is 48.1 Å². The van der Waals surface area contributed by atoms with Crippen molar-refractivity contribution >= 4 is 5.91 Å². The van der Waals surface area contributed by atoms with E-state index in [1.165, 1.54) is 12.8 Å². The molecule has 2 bridgehead atoms. The predicted octanol–water partition coefficient (Wildman–Crippen LogP) is 0.337. The van der Waals surface area contributed by atoms with Crippen LogP contribution < -0.4 is 10.6 Å². The molecule has 0 spiro atoms. The lowest BCUT2D eigenvalue weighted by Crippen LogP contribution is -2.55. The van der Waals surface area contributed by atoms with E-state index in [1.54, 1.807) is 0 Å². The number of carbonyl (C=O) groups is 1. The van der Waals surface area contributed by atoms with Gasteiger partial charge in [0.15, 0.2) is 0 Å². The van der Waals surface area contributed by atoms with E-state index in [0.29, 0.717) is 18.6 Å². The summed E-state index contributed by atoms with van der Waals surface area (Å²) >= 11 is 0. The predicted molar refractivity (Wildman–Crippen MR) is 64.3 cm³/mol. The quantitative estimate of drug-likeness (QED) is 0.712. The lowest BCUT2D eigenvalue weighted by Gasteiger charge is -2.35. The van der Waals surface area contributed by atoms with Crippen LogP contribution in [0.3, 0.4) is 0 Å². The molecule has 2 heterocycles. The standard InChI is InChI=1S/C12H23N3O/c1-12(2,3)14-11(16)8-15-9-4-5-10(15)7-13-6-9/h9-10,13H,4-8H2,1-3H3,(H,14,16). The minimum Gasteiger partial charge on any atom is -0.350 e. The second-order valence-corrected chi connectivity index (χ2v) is 6.01. The van der Waals surface area contributed by atoms with E-state index in [-0.39, 0.29) is 11.4 Å². The normalized spacial score (nSPS) is 30.4. The molecule has 2 N–H and O–H groups in total. The molecule has 2 fully saturated rings.